The Hall–Kier alpha value is -2.87. The lowest BCUT2D eigenvalue weighted by Crippen LogP contribution is -2.40. The highest BCUT2D eigenvalue weighted by atomic mass is 32.2. The van der Waals surface area contributed by atoms with Crippen molar-refractivity contribution in [1.29, 1.82) is 0 Å². The number of hydrogen-bond donors (Lipinski definition) is 2. The molecule has 0 unspecified atom stereocenters. The number of rotatable bonds is 6. The summed E-state index contributed by atoms with van der Waals surface area (Å²) in [5.74, 6) is -1.16. The maximum Gasteiger partial charge on any atom is 0.337 e. The summed E-state index contributed by atoms with van der Waals surface area (Å²) in [6.07, 6.45) is 0. The molecule has 0 aliphatic rings. The summed E-state index contributed by atoms with van der Waals surface area (Å²) < 4.78 is 32.2. The van der Waals surface area contributed by atoms with E-state index in [0.29, 0.717) is 11.1 Å². The first-order valence-corrected chi connectivity index (χ1v) is 10.3. The lowest BCUT2D eigenvalue weighted by molar-refractivity contribution is 0.0600. The van der Waals surface area contributed by atoms with Crippen molar-refractivity contribution in [2.75, 3.05) is 11.8 Å². The van der Waals surface area contributed by atoms with Crippen LogP contribution in [-0.4, -0.2) is 32.9 Å². The van der Waals surface area contributed by atoms with E-state index in [0.717, 1.165) is 0 Å². The van der Waals surface area contributed by atoms with E-state index in [-0.39, 0.29) is 22.9 Å². The summed E-state index contributed by atoms with van der Waals surface area (Å²) in [7, 11) is -2.50. The topological polar surface area (TPSA) is 102 Å². The van der Waals surface area contributed by atoms with E-state index in [1.54, 1.807) is 30.3 Å². The number of amides is 1. The lowest BCUT2D eigenvalue weighted by Gasteiger charge is -2.21. The summed E-state index contributed by atoms with van der Waals surface area (Å²) >= 11 is 0. The molecule has 0 spiro atoms. The molecule has 0 aliphatic carbocycles. The minimum absolute atomic E-state index is 0.204. The van der Waals surface area contributed by atoms with Crippen LogP contribution in [0.15, 0.2) is 48.5 Å². The van der Waals surface area contributed by atoms with Gasteiger partial charge in [0.2, 0.25) is 10.0 Å². The number of anilines is 1. The zero-order valence-electron chi connectivity index (χ0n) is 16.3. The van der Waals surface area contributed by atoms with Gasteiger partial charge in [-0.1, -0.05) is 24.3 Å². The highest BCUT2D eigenvalue weighted by molar-refractivity contribution is 7.91. The largest absolute Gasteiger partial charge is 0.465 e. The van der Waals surface area contributed by atoms with E-state index in [4.69, 9.17) is 0 Å². The Morgan fingerprint density at radius 1 is 1.00 bits per heavy atom. The second kappa shape index (κ2) is 8.43. The second-order valence-electron chi connectivity index (χ2n) is 7.30. The molecule has 8 heteroatoms. The van der Waals surface area contributed by atoms with Gasteiger partial charge in [0, 0.05) is 5.54 Å². The number of hydrogen-bond acceptors (Lipinski definition) is 5. The molecule has 0 aromatic heterocycles. The van der Waals surface area contributed by atoms with Gasteiger partial charge in [-0.3, -0.25) is 9.52 Å². The standard InChI is InChI=1S/C20H24N2O5S/c1-20(2,3)21-18(23)16-7-5-6-8-17(16)22-28(25,26)13-14-9-11-15(12-10-14)19(24)27-4/h5-12,22H,13H2,1-4H3,(H,21,23). The van der Waals surface area contributed by atoms with E-state index in [1.165, 1.54) is 25.3 Å². The van der Waals surface area contributed by atoms with E-state index >= 15 is 0 Å². The predicted molar refractivity (Wildman–Crippen MR) is 108 cm³/mol. The SMILES string of the molecule is COC(=O)c1ccc(CS(=O)(=O)Nc2ccccc2C(=O)NC(C)(C)C)cc1. The first kappa shape index (κ1) is 21.4. The molecular weight excluding hydrogens is 380 g/mol. The first-order chi connectivity index (χ1) is 13.0. The minimum Gasteiger partial charge on any atom is -0.465 e. The number of ether oxygens (including phenoxy) is 1. The maximum absolute atomic E-state index is 12.6. The van der Waals surface area contributed by atoms with Gasteiger partial charge in [-0.2, -0.15) is 0 Å². The van der Waals surface area contributed by atoms with E-state index in [9.17, 15) is 18.0 Å². The Bertz CT molecular complexity index is 961. The average Bonchev–Trinajstić information content (AvgIpc) is 2.60. The third-order valence-corrected chi connectivity index (χ3v) is 4.90. The van der Waals surface area contributed by atoms with E-state index in [1.807, 2.05) is 20.8 Å². The molecule has 2 aromatic carbocycles. The van der Waals surface area contributed by atoms with Crippen molar-refractivity contribution in [2.45, 2.75) is 32.1 Å². The van der Waals surface area contributed by atoms with Crippen molar-refractivity contribution in [3.63, 3.8) is 0 Å². The van der Waals surface area contributed by atoms with Gasteiger partial charge >= 0.3 is 5.97 Å². The Balaban J connectivity index is 2.18. The molecule has 2 aromatic rings. The van der Waals surface area contributed by atoms with Crippen molar-refractivity contribution in [2.24, 2.45) is 0 Å². The van der Waals surface area contributed by atoms with Crippen LogP contribution in [-0.2, 0) is 20.5 Å². The molecule has 2 rings (SSSR count). The van der Waals surface area contributed by atoms with Crippen molar-refractivity contribution in [1.82, 2.24) is 5.32 Å². The highest BCUT2D eigenvalue weighted by Gasteiger charge is 2.20. The van der Waals surface area contributed by atoms with Gasteiger partial charge < -0.3 is 10.1 Å². The number of carbonyl (C=O) groups excluding carboxylic acids is 2. The zero-order chi connectivity index (χ0) is 20.9. The molecule has 0 saturated heterocycles. The van der Waals surface area contributed by atoms with Gasteiger partial charge in [-0.05, 0) is 50.6 Å². The van der Waals surface area contributed by atoms with Gasteiger partial charge in [0.05, 0.1) is 29.7 Å². The van der Waals surface area contributed by atoms with Gasteiger partial charge in [0.15, 0.2) is 0 Å². The smallest absolute Gasteiger partial charge is 0.337 e. The third-order valence-electron chi connectivity index (χ3n) is 3.66. The number of benzene rings is 2. The Morgan fingerprint density at radius 2 is 1.61 bits per heavy atom. The van der Waals surface area contributed by atoms with Gasteiger partial charge in [-0.15, -0.1) is 0 Å². The average molecular weight is 404 g/mol. The molecule has 0 atom stereocenters. The molecule has 0 bridgehead atoms. The molecule has 0 heterocycles. The zero-order valence-corrected chi connectivity index (χ0v) is 17.1. The van der Waals surface area contributed by atoms with Crippen molar-refractivity contribution >= 4 is 27.6 Å². The van der Waals surface area contributed by atoms with E-state index < -0.39 is 21.5 Å². The number of esters is 1. The number of sulfonamides is 1. The molecule has 2 N–H and O–H groups in total. The monoisotopic (exact) mass is 404 g/mol. The quantitative estimate of drug-likeness (QED) is 0.721. The Kier molecular flexibility index (Phi) is 6.45. The molecule has 150 valence electrons. The predicted octanol–water partition coefficient (Wildman–Crippen LogP) is 2.94. The molecule has 0 fully saturated rings. The normalized spacial score (nSPS) is 11.6. The van der Waals surface area contributed by atoms with Crippen LogP contribution >= 0.6 is 0 Å². The number of nitrogens with one attached hydrogen (secondary N) is 2. The van der Waals surface area contributed by atoms with Gasteiger partial charge in [0.25, 0.3) is 5.91 Å². The van der Waals surface area contributed by atoms with Crippen LogP contribution in [0.2, 0.25) is 0 Å². The second-order valence-corrected chi connectivity index (χ2v) is 9.02. The molecule has 28 heavy (non-hydrogen) atoms. The van der Waals surface area contributed by atoms with Crippen LogP contribution in [0.4, 0.5) is 5.69 Å². The van der Waals surface area contributed by atoms with Crippen molar-refractivity contribution in [3.05, 3.63) is 65.2 Å². The first-order valence-electron chi connectivity index (χ1n) is 8.60. The molecule has 7 nitrogen and oxygen atoms in total. The fourth-order valence-electron chi connectivity index (χ4n) is 2.46. The van der Waals surface area contributed by atoms with Crippen LogP contribution in [0.25, 0.3) is 0 Å². The summed E-state index contributed by atoms with van der Waals surface area (Å²) in [5, 5.41) is 2.82. The van der Waals surface area contributed by atoms with Crippen LogP contribution in [0, 0.1) is 0 Å². The van der Waals surface area contributed by atoms with Crippen LogP contribution in [0.3, 0.4) is 0 Å². The van der Waals surface area contributed by atoms with Crippen molar-refractivity contribution in [3.8, 4) is 0 Å². The Morgan fingerprint density at radius 3 is 2.18 bits per heavy atom. The van der Waals surface area contributed by atoms with Gasteiger partial charge in [-0.25, -0.2) is 13.2 Å². The molecule has 1 amide bonds. The maximum atomic E-state index is 12.6. The molecule has 0 radical (unpaired) electrons. The fourth-order valence-corrected chi connectivity index (χ4v) is 3.67. The summed E-state index contributed by atoms with van der Waals surface area (Å²) in [5.41, 5.74) is 0.819. The van der Waals surface area contributed by atoms with Gasteiger partial charge in [0.1, 0.15) is 0 Å². The number of para-hydroxylation sites is 1. The summed E-state index contributed by atoms with van der Waals surface area (Å²) in [4.78, 5) is 23.9. The summed E-state index contributed by atoms with van der Waals surface area (Å²) in [6, 6.07) is 12.5. The van der Waals surface area contributed by atoms with E-state index in [2.05, 4.69) is 14.8 Å². The molecule has 0 saturated carbocycles. The molecular formula is C20H24N2O5S. The minimum atomic E-state index is -3.77. The highest BCUT2D eigenvalue weighted by Crippen LogP contribution is 2.19. The van der Waals surface area contributed by atoms with Crippen molar-refractivity contribution < 1.29 is 22.7 Å². The molecule has 0 aliphatic heterocycles. The number of carbonyl (C=O) groups is 2. The lowest BCUT2D eigenvalue weighted by atomic mass is 10.1. The van der Waals surface area contributed by atoms with Crippen LogP contribution < -0.4 is 10.0 Å². The summed E-state index contributed by atoms with van der Waals surface area (Å²) in [6.45, 7) is 5.53. The third kappa shape index (κ3) is 6.09. The number of methoxy groups -OCH3 is 1. The fraction of sp³-hybridized carbons (Fsp3) is 0.300. The van der Waals surface area contributed by atoms with Crippen LogP contribution in [0.5, 0.6) is 0 Å². The Labute approximate surface area is 165 Å². The van der Waals surface area contributed by atoms with Crippen LogP contribution in [0.1, 0.15) is 47.1 Å².